The molecule has 2 aromatic heterocycles. The summed E-state index contributed by atoms with van der Waals surface area (Å²) >= 11 is 0. The van der Waals surface area contributed by atoms with Crippen LogP contribution in [-0.2, 0) is 10.0 Å². The van der Waals surface area contributed by atoms with Gasteiger partial charge in [-0.05, 0) is 74.2 Å². The van der Waals surface area contributed by atoms with Crippen LogP contribution in [0.4, 0.5) is 4.39 Å². The van der Waals surface area contributed by atoms with E-state index in [1.807, 2.05) is 13.0 Å². The molecule has 8 heteroatoms. The Morgan fingerprint density at radius 1 is 1.09 bits per heavy atom. The molecule has 0 spiro atoms. The Morgan fingerprint density at radius 3 is 2.61 bits per heavy atom. The minimum absolute atomic E-state index is 0.00416. The number of hydrogen-bond donors (Lipinski definition) is 1. The maximum Gasteiger partial charge on any atom is 0.241 e. The predicted molar refractivity (Wildman–Crippen MR) is 124 cm³/mol. The monoisotopic (exact) mass is 465 g/mol. The van der Waals surface area contributed by atoms with Gasteiger partial charge in [-0.3, -0.25) is 4.98 Å². The number of pyridine rings is 1. The van der Waals surface area contributed by atoms with Gasteiger partial charge in [-0.15, -0.1) is 0 Å². The van der Waals surface area contributed by atoms with Crippen molar-refractivity contribution in [2.24, 2.45) is 0 Å². The van der Waals surface area contributed by atoms with Crippen molar-refractivity contribution in [2.75, 3.05) is 0 Å². The highest BCUT2D eigenvalue weighted by molar-refractivity contribution is 7.89. The van der Waals surface area contributed by atoms with E-state index in [2.05, 4.69) is 14.9 Å². The van der Waals surface area contributed by atoms with Gasteiger partial charge in [0.25, 0.3) is 0 Å². The van der Waals surface area contributed by atoms with Crippen LogP contribution in [0.15, 0.2) is 64.1 Å². The smallest absolute Gasteiger partial charge is 0.241 e. The molecular weight excluding hydrogens is 441 g/mol. The van der Waals surface area contributed by atoms with Crippen LogP contribution in [0.5, 0.6) is 0 Å². The van der Waals surface area contributed by atoms with E-state index in [1.165, 1.54) is 12.1 Å². The summed E-state index contributed by atoms with van der Waals surface area (Å²) in [7, 11) is -3.87. The third-order valence-corrected chi connectivity index (χ3v) is 7.94. The van der Waals surface area contributed by atoms with Gasteiger partial charge in [0.15, 0.2) is 0 Å². The Labute approximate surface area is 191 Å². The molecule has 0 amide bonds. The summed E-state index contributed by atoms with van der Waals surface area (Å²) in [5, 5.41) is 4.56. The van der Waals surface area contributed by atoms with Crippen molar-refractivity contribution in [3.63, 3.8) is 0 Å². The zero-order chi connectivity index (χ0) is 23.2. The minimum Gasteiger partial charge on any atom is -0.361 e. The normalized spacial score (nSPS) is 18.8. The number of aromatic nitrogens is 2. The summed E-state index contributed by atoms with van der Waals surface area (Å²) in [4.78, 5) is 4.58. The molecule has 1 aliphatic carbocycles. The van der Waals surface area contributed by atoms with Gasteiger partial charge >= 0.3 is 0 Å². The van der Waals surface area contributed by atoms with Gasteiger partial charge in [0, 0.05) is 29.1 Å². The van der Waals surface area contributed by atoms with Crippen LogP contribution in [-0.4, -0.2) is 24.6 Å². The second kappa shape index (κ2) is 8.35. The zero-order valence-corrected chi connectivity index (χ0v) is 19.2. The van der Waals surface area contributed by atoms with E-state index in [9.17, 15) is 12.8 Å². The predicted octanol–water partition coefficient (Wildman–Crippen LogP) is 5.26. The summed E-state index contributed by atoms with van der Waals surface area (Å²) in [5.41, 5.74) is 3.67. The number of nitrogens with one attached hydrogen (secondary N) is 1. The number of sulfonamides is 1. The van der Waals surface area contributed by atoms with Gasteiger partial charge in [-0.25, -0.2) is 17.5 Å². The Balaban J connectivity index is 1.57. The van der Waals surface area contributed by atoms with Crippen LogP contribution >= 0.6 is 0 Å². The van der Waals surface area contributed by atoms with Crippen molar-refractivity contribution < 1.29 is 17.3 Å². The fourth-order valence-corrected chi connectivity index (χ4v) is 6.44. The number of nitrogens with zero attached hydrogens (tertiary/aromatic N) is 2. The van der Waals surface area contributed by atoms with Gasteiger partial charge in [-0.2, -0.15) is 0 Å². The second-order valence-corrected chi connectivity index (χ2v) is 10.2. The van der Waals surface area contributed by atoms with Crippen LogP contribution in [0.3, 0.4) is 0 Å². The Bertz CT molecular complexity index is 1410. The van der Waals surface area contributed by atoms with E-state index in [-0.39, 0.29) is 22.7 Å². The van der Waals surface area contributed by atoms with Crippen LogP contribution in [0.25, 0.3) is 22.0 Å². The molecule has 1 aliphatic rings. The molecule has 0 aliphatic heterocycles. The molecule has 2 aromatic carbocycles. The lowest BCUT2D eigenvalue weighted by molar-refractivity contribution is 0.393. The molecule has 1 N–H and O–H groups in total. The van der Waals surface area contributed by atoms with Crippen LogP contribution in [0.2, 0.25) is 0 Å². The molecule has 1 saturated carbocycles. The van der Waals surface area contributed by atoms with Crippen molar-refractivity contribution >= 4 is 20.9 Å². The van der Waals surface area contributed by atoms with Crippen molar-refractivity contribution in [3.05, 3.63) is 77.6 Å². The lowest BCUT2D eigenvalue weighted by atomic mass is 9.95. The summed E-state index contributed by atoms with van der Waals surface area (Å²) in [5.74, 6) is 0.311. The minimum atomic E-state index is -3.87. The average molecular weight is 466 g/mol. The number of hydrogen-bond acceptors (Lipinski definition) is 5. The molecule has 2 atom stereocenters. The first-order valence-electron chi connectivity index (χ1n) is 10.9. The Morgan fingerprint density at radius 2 is 1.88 bits per heavy atom. The molecule has 0 unspecified atom stereocenters. The standard InChI is InChI=1S/C25H24FN3O3S/c1-15-25(16(2)32-28-15)18-13-23-21(6-4-12-27-23)24(14-18)33(30,31)29-22-7-3-5-20(22)17-8-10-19(26)11-9-17/h4,6,8-14,20,22,29H,3,5,7H2,1-2H3/t20-,22-/m1/s1. The summed E-state index contributed by atoms with van der Waals surface area (Å²) in [6, 6.07) is 13.1. The van der Waals surface area contributed by atoms with Crippen LogP contribution in [0, 0.1) is 19.7 Å². The zero-order valence-electron chi connectivity index (χ0n) is 18.4. The first kappa shape index (κ1) is 21.7. The number of aryl methyl sites for hydroxylation is 2. The van der Waals surface area contributed by atoms with Crippen molar-refractivity contribution in [2.45, 2.75) is 50.0 Å². The molecule has 1 fully saturated rings. The molecule has 2 heterocycles. The van der Waals surface area contributed by atoms with Crippen molar-refractivity contribution in [1.82, 2.24) is 14.9 Å². The van der Waals surface area contributed by atoms with Gasteiger partial charge < -0.3 is 4.52 Å². The molecule has 33 heavy (non-hydrogen) atoms. The van der Waals surface area contributed by atoms with Gasteiger partial charge in [-0.1, -0.05) is 23.7 Å². The van der Waals surface area contributed by atoms with E-state index in [0.717, 1.165) is 30.4 Å². The van der Waals surface area contributed by atoms with E-state index in [0.29, 0.717) is 27.9 Å². The van der Waals surface area contributed by atoms with E-state index in [1.54, 1.807) is 43.5 Å². The molecule has 170 valence electrons. The number of fused-ring (bicyclic) bond motifs is 1. The largest absolute Gasteiger partial charge is 0.361 e. The quantitative estimate of drug-likeness (QED) is 0.435. The maximum absolute atomic E-state index is 13.7. The Kier molecular flexibility index (Phi) is 5.50. The Hall–Kier alpha value is -3.10. The van der Waals surface area contributed by atoms with Crippen molar-refractivity contribution in [1.29, 1.82) is 0 Å². The van der Waals surface area contributed by atoms with Crippen LogP contribution in [0.1, 0.15) is 42.2 Å². The molecule has 0 saturated heterocycles. The molecule has 0 bridgehead atoms. The molecular formula is C25H24FN3O3S. The highest BCUT2D eigenvalue weighted by Crippen LogP contribution is 2.37. The summed E-state index contributed by atoms with van der Waals surface area (Å²) in [6.07, 6.45) is 4.11. The average Bonchev–Trinajstić information content (AvgIpc) is 3.38. The topological polar surface area (TPSA) is 85.1 Å². The number of halogens is 1. The van der Waals surface area contributed by atoms with Gasteiger partial charge in [0.1, 0.15) is 11.6 Å². The van der Waals surface area contributed by atoms with E-state index < -0.39 is 10.0 Å². The first-order chi connectivity index (χ1) is 15.8. The van der Waals surface area contributed by atoms with Gasteiger partial charge in [0.2, 0.25) is 10.0 Å². The van der Waals surface area contributed by atoms with Crippen LogP contribution < -0.4 is 4.72 Å². The molecule has 4 aromatic rings. The molecule has 5 rings (SSSR count). The highest BCUT2D eigenvalue weighted by Gasteiger charge is 2.33. The summed E-state index contributed by atoms with van der Waals surface area (Å²) in [6.45, 7) is 3.63. The van der Waals surface area contributed by atoms with Gasteiger partial charge in [0.05, 0.1) is 16.1 Å². The fraction of sp³-hybridized carbons (Fsp3) is 0.280. The number of rotatable bonds is 5. The maximum atomic E-state index is 13.7. The number of benzene rings is 2. The lowest BCUT2D eigenvalue weighted by Gasteiger charge is -2.22. The molecule has 6 nitrogen and oxygen atoms in total. The first-order valence-corrected chi connectivity index (χ1v) is 12.4. The third-order valence-electron chi connectivity index (χ3n) is 6.42. The van der Waals surface area contributed by atoms with Crippen molar-refractivity contribution in [3.8, 4) is 11.1 Å². The highest BCUT2D eigenvalue weighted by atomic mass is 32.2. The second-order valence-electron chi connectivity index (χ2n) is 8.56. The molecule has 0 radical (unpaired) electrons. The summed E-state index contributed by atoms with van der Waals surface area (Å²) < 4.78 is 49.0. The van der Waals surface area contributed by atoms with E-state index in [4.69, 9.17) is 4.52 Å². The lowest BCUT2D eigenvalue weighted by Crippen LogP contribution is -2.36. The third kappa shape index (κ3) is 4.05. The fourth-order valence-electron chi connectivity index (χ4n) is 4.88. The SMILES string of the molecule is Cc1noc(C)c1-c1cc(S(=O)(=O)N[C@@H]2CCC[C@@H]2c2ccc(F)cc2)c2cccnc2c1. The van der Waals surface area contributed by atoms with E-state index >= 15 is 0 Å².